The summed E-state index contributed by atoms with van der Waals surface area (Å²) in [4.78, 5) is 10.1. The van der Waals surface area contributed by atoms with E-state index in [9.17, 15) is 4.79 Å². The standard InChI is InChI=1S/C7H10O2/c1-3-4-5-6-9-7(2)8/h3,6H2,1-2H3. The van der Waals surface area contributed by atoms with Crippen LogP contribution in [0.1, 0.15) is 20.3 Å². The fourth-order valence-corrected chi connectivity index (χ4v) is 0.314. The minimum Gasteiger partial charge on any atom is -0.453 e. The molecular formula is C7H10O2. The van der Waals surface area contributed by atoms with Gasteiger partial charge in [0.05, 0.1) is 0 Å². The van der Waals surface area contributed by atoms with E-state index in [0.29, 0.717) is 0 Å². The molecule has 0 saturated heterocycles. The number of carbonyl (C=O) groups excluding carboxylic acids is 1. The lowest BCUT2D eigenvalue weighted by atomic mass is 10.5. The van der Waals surface area contributed by atoms with Gasteiger partial charge in [-0.25, -0.2) is 0 Å². The van der Waals surface area contributed by atoms with Crippen molar-refractivity contribution in [3.05, 3.63) is 0 Å². The zero-order valence-electron chi connectivity index (χ0n) is 5.73. The molecule has 0 rings (SSSR count). The van der Waals surface area contributed by atoms with Gasteiger partial charge < -0.3 is 4.74 Å². The summed E-state index contributed by atoms with van der Waals surface area (Å²) in [5.74, 6) is 5.17. The van der Waals surface area contributed by atoms with Gasteiger partial charge >= 0.3 is 5.97 Å². The van der Waals surface area contributed by atoms with Gasteiger partial charge in [-0.2, -0.15) is 0 Å². The van der Waals surface area contributed by atoms with Crippen LogP contribution in [0.5, 0.6) is 0 Å². The molecule has 0 amide bonds. The smallest absolute Gasteiger partial charge is 0.303 e. The van der Waals surface area contributed by atoms with Crippen LogP contribution in [0, 0.1) is 11.8 Å². The van der Waals surface area contributed by atoms with E-state index in [0.717, 1.165) is 6.42 Å². The monoisotopic (exact) mass is 126 g/mol. The van der Waals surface area contributed by atoms with Gasteiger partial charge in [0.25, 0.3) is 0 Å². The van der Waals surface area contributed by atoms with E-state index in [1.54, 1.807) is 0 Å². The highest BCUT2D eigenvalue weighted by molar-refractivity contribution is 5.66. The summed E-state index contributed by atoms with van der Waals surface area (Å²) < 4.78 is 4.53. The molecule has 50 valence electrons. The van der Waals surface area contributed by atoms with Crippen LogP contribution in [0.25, 0.3) is 0 Å². The van der Waals surface area contributed by atoms with Gasteiger partial charge in [-0.05, 0) is 0 Å². The van der Waals surface area contributed by atoms with E-state index in [-0.39, 0.29) is 12.6 Å². The van der Waals surface area contributed by atoms with Gasteiger partial charge in [-0.15, -0.1) is 5.92 Å². The molecule has 9 heavy (non-hydrogen) atoms. The maximum absolute atomic E-state index is 10.1. The Bertz CT molecular complexity index is 139. The van der Waals surface area contributed by atoms with Gasteiger partial charge in [0, 0.05) is 13.3 Å². The highest BCUT2D eigenvalue weighted by atomic mass is 16.5. The highest BCUT2D eigenvalue weighted by Crippen LogP contribution is 1.73. The number of hydrogen-bond donors (Lipinski definition) is 0. The minimum atomic E-state index is -0.277. The number of hydrogen-bond acceptors (Lipinski definition) is 2. The van der Waals surface area contributed by atoms with Crippen molar-refractivity contribution in [2.75, 3.05) is 6.61 Å². The number of rotatable bonds is 1. The zero-order chi connectivity index (χ0) is 7.11. The normalized spacial score (nSPS) is 7.33. The van der Waals surface area contributed by atoms with Crippen LogP contribution in [-0.2, 0) is 9.53 Å². The average Bonchev–Trinajstić information content (AvgIpc) is 1.80. The maximum Gasteiger partial charge on any atom is 0.303 e. The van der Waals surface area contributed by atoms with Crippen molar-refractivity contribution < 1.29 is 9.53 Å². The lowest BCUT2D eigenvalue weighted by molar-refractivity contribution is -0.139. The maximum atomic E-state index is 10.1. The van der Waals surface area contributed by atoms with E-state index in [1.165, 1.54) is 6.92 Å². The van der Waals surface area contributed by atoms with Gasteiger partial charge in [0.15, 0.2) is 6.61 Å². The first-order chi connectivity index (χ1) is 4.27. The second-order valence-electron chi connectivity index (χ2n) is 1.49. The molecule has 0 unspecified atom stereocenters. The Kier molecular flexibility index (Phi) is 4.61. The molecule has 0 spiro atoms. The van der Waals surface area contributed by atoms with E-state index in [4.69, 9.17) is 0 Å². The SMILES string of the molecule is CCC#CCOC(C)=O. The fourth-order valence-electron chi connectivity index (χ4n) is 0.314. The molecule has 0 aliphatic rings. The summed E-state index contributed by atoms with van der Waals surface area (Å²) in [7, 11) is 0. The van der Waals surface area contributed by atoms with E-state index in [2.05, 4.69) is 16.6 Å². The highest BCUT2D eigenvalue weighted by Gasteiger charge is 1.84. The molecule has 0 aromatic carbocycles. The lowest BCUT2D eigenvalue weighted by Crippen LogP contribution is -1.97. The summed E-state index contributed by atoms with van der Waals surface area (Å²) in [6.07, 6.45) is 0.807. The zero-order valence-corrected chi connectivity index (χ0v) is 5.73. The van der Waals surface area contributed by atoms with Crippen molar-refractivity contribution >= 4 is 5.97 Å². The van der Waals surface area contributed by atoms with Crippen molar-refractivity contribution in [3.8, 4) is 11.8 Å². The molecule has 0 aliphatic carbocycles. The largest absolute Gasteiger partial charge is 0.453 e. The molecule has 0 aliphatic heterocycles. The second kappa shape index (κ2) is 5.17. The van der Waals surface area contributed by atoms with E-state index in [1.807, 2.05) is 6.92 Å². The Labute approximate surface area is 55.2 Å². The Balaban J connectivity index is 3.19. The molecule has 0 fully saturated rings. The molecule has 0 aromatic rings. The third-order valence-corrected chi connectivity index (χ3v) is 0.649. The topological polar surface area (TPSA) is 26.3 Å². The molecule has 2 heteroatoms. The van der Waals surface area contributed by atoms with Crippen LogP contribution in [0.15, 0.2) is 0 Å². The number of ether oxygens (including phenoxy) is 1. The van der Waals surface area contributed by atoms with Crippen LogP contribution >= 0.6 is 0 Å². The Morgan fingerprint density at radius 3 is 2.67 bits per heavy atom. The van der Waals surface area contributed by atoms with Crippen molar-refractivity contribution in [1.82, 2.24) is 0 Å². The van der Waals surface area contributed by atoms with Crippen LogP contribution in [0.4, 0.5) is 0 Å². The third-order valence-electron chi connectivity index (χ3n) is 0.649. The summed E-state index contributed by atoms with van der Waals surface area (Å²) in [6.45, 7) is 3.54. The Morgan fingerprint density at radius 1 is 1.56 bits per heavy atom. The number of carbonyl (C=O) groups is 1. The Morgan fingerprint density at radius 2 is 2.22 bits per heavy atom. The first-order valence-corrected chi connectivity index (χ1v) is 2.86. The third kappa shape index (κ3) is 7.03. The van der Waals surface area contributed by atoms with E-state index < -0.39 is 0 Å². The second-order valence-corrected chi connectivity index (χ2v) is 1.49. The van der Waals surface area contributed by atoms with E-state index >= 15 is 0 Å². The predicted octanol–water partition coefficient (Wildman–Crippen LogP) is 0.963. The lowest BCUT2D eigenvalue weighted by Gasteiger charge is -1.90. The predicted molar refractivity (Wildman–Crippen MR) is 34.7 cm³/mol. The van der Waals surface area contributed by atoms with Gasteiger partial charge in [-0.1, -0.05) is 12.8 Å². The first kappa shape index (κ1) is 8.03. The summed E-state index contributed by atoms with van der Waals surface area (Å²) in [5.41, 5.74) is 0. The molecule has 0 heterocycles. The van der Waals surface area contributed by atoms with Crippen LogP contribution in [0.3, 0.4) is 0 Å². The van der Waals surface area contributed by atoms with Crippen LogP contribution in [-0.4, -0.2) is 12.6 Å². The van der Waals surface area contributed by atoms with Crippen molar-refractivity contribution in [2.45, 2.75) is 20.3 Å². The summed E-state index contributed by atoms with van der Waals surface area (Å²) in [5, 5.41) is 0. The summed E-state index contributed by atoms with van der Waals surface area (Å²) in [6, 6.07) is 0. The molecule has 0 atom stereocenters. The van der Waals surface area contributed by atoms with Crippen molar-refractivity contribution in [3.63, 3.8) is 0 Å². The molecule has 0 bridgehead atoms. The van der Waals surface area contributed by atoms with Crippen molar-refractivity contribution in [1.29, 1.82) is 0 Å². The molecular weight excluding hydrogens is 116 g/mol. The quantitative estimate of drug-likeness (QED) is 0.386. The molecule has 0 saturated carbocycles. The average molecular weight is 126 g/mol. The van der Waals surface area contributed by atoms with Gasteiger partial charge in [0.1, 0.15) is 0 Å². The fraction of sp³-hybridized carbons (Fsp3) is 0.571. The molecule has 0 N–H and O–H groups in total. The summed E-state index contributed by atoms with van der Waals surface area (Å²) >= 11 is 0. The molecule has 0 aromatic heterocycles. The van der Waals surface area contributed by atoms with Gasteiger partial charge in [0.2, 0.25) is 0 Å². The van der Waals surface area contributed by atoms with Crippen LogP contribution < -0.4 is 0 Å². The minimum absolute atomic E-state index is 0.225. The van der Waals surface area contributed by atoms with Crippen LogP contribution in [0.2, 0.25) is 0 Å². The van der Waals surface area contributed by atoms with Gasteiger partial charge in [-0.3, -0.25) is 4.79 Å². The first-order valence-electron chi connectivity index (χ1n) is 2.86. The number of esters is 1. The molecule has 2 nitrogen and oxygen atoms in total. The Hall–Kier alpha value is -0.970. The molecule has 0 radical (unpaired) electrons. The van der Waals surface area contributed by atoms with Crippen molar-refractivity contribution in [2.24, 2.45) is 0 Å².